The molecule has 1 N–H and O–H groups in total. The van der Waals surface area contributed by atoms with Crippen LogP contribution in [-0.2, 0) is 12.8 Å². The third kappa shape index (κ3) is 3.53. The minimum atomic E-state index is -0.246. The number of carbonyl (C=O) groups is 1. The summed E-state index contributed by atoms with van der Waals surface area (Å²) < 4.78 is 5.36. The Morgan fingerprint density at radius 3 is 2.41 bits per heavy atom. The molecule has 27 heavy (non-hydrogen) atoms. The van der Waals surface area contributed by atoms with Gasteiger partial charge in [-0.15, -0.1) is 0 Å². The summed E-state index contributed by atoms with van der Waals surface area (Å²) in [7, 11) is 2.12. The van der Waals surface area contributed by atoms with E-state index in [1.807, 2.05) is 13.8 Å². The number of nitrogens with one attached hydrogen (secondary N) is 1. The SMILES string of the molecule is Cc1nc(N2CCN(C)CC2)nc(C)c1NC(=O)c1noc2c1CCCC2. The topological polar surface area (TPSA) is 87.4 Å². The smallest absolute Gasteiger partial charge is 0.278 e. The van der Waals surface area contributed by atoms with Gasteiger partial charge in [-0.25, -0.2) is 9.97 Å². The van der Waals surface area contributed by atoms with Crippen molar-refractivity contribution in [1.82, 2.24) is 20.0 Å². The van der Waals surface area contributed by atoms with E-state index >= 15 is 0 Å². The number of nitrogens with zero attached hydrogens (tertiary/aromatic N) is 5. The Hall–Kier alpha value is -2.48. The lowest BCUT2D eigenvalue weighted by atomic mass is 9.96. The molecule has 4 rings (SSSR count). The maximum atomic E-state index is 12.8. The zero-order valence-corrected chi connectivity index (χ0v) is 16.2. The second-order valence-electron chi connectivity index (χ2n) is 7.45. The number of carbonyl (C=O) groups excluding carboxylic acids is 1. The van der Waals surface area contributed by atoms with Crippen LogP contribution in [0, 0.1) is 13.8 Å². The van der Waals surface area contributed by atoms with Gasteiger partial charge < -0.3 is 19.6 Å². The monoisotopic (exact) mass is 370 g/mol. The summed E-state index contributed by atoms with van der Waals surface area (Å²) in [6, 6.07) is 0. The summed E-state index contributed by atoms with van der Waals surface area (Å²) in [5.41, 5.74) is 3.53. The first-order valence-electron chi connectivity index (χ1n) is 9.60. The van der Waals surface area contributed by atoms with E-state index in [2.05, 4.69) is 37.3 Å². The standard InChI is InChI=1S/C19H26N6O2/c1-12-16(13(2)21-19(20-12)25-10-8-24(3)9-11-25)22-18(26)17-14-6-4-5-7-15(14)27-23-17/h4-11H2,1-3H3,(H,22,26). The Bertz CT molecular complexity index is 831. The Morgan fingerprint density at radius 2 is 1.70 bits per heavy atom. The second-order valence-corrected chi connectivity index (χ2v) is 7.45. The molecule has 1 aliphatic heterocycles. The molecular weight excluding hydrogens is 344 g/mol. The van der Waals surface area contributed by atoms with E-state index in [1.54, 1.807) is 0 Å². The van der Waals surface area contributed by atoms with E-state index in [4.69, 9.17) is 4.52 Å². The van der Waals surface area contributed by atoms with Gasteiger partial charge in [0.1, 0.15) is 5.76 Å². The summed E-state index contributed by atoms with van der Waals surface area (Å²) in [6.07, 6.45) is 3.85. The maximum Gasteiger partial charge on any atom is 0.278 e. The normalized spacial score (nSPS) is 17.7. The highest BCUT2D eigenvalue weighted by atomic mass is 16.5. The quantitative estimate of drug-likeness (QED) is 0.884. The molecule has 144 valence electrons. The molecule has 1 fully saturated rings. The molecule has 0 bridgehead atoms. The van der Waals surface area contributed by atoms with E-state index in [0.717, 1.165) is 80.5 Å². The van der Waals surface area contributed by atoms with Crippen LogP contribution in [0.4, 0.5) is 11.6 Å². The molecule has 0 saturated carbocycles. The Morgan fingerprint density at radius 1 is 1.04 bits per heavy atom. The number of anilines is 2. The number of piperazine rings is 1. The fourth-order valence-electron chi connectivity index (χ4n) is 3.76. The molecule has 1 saturated heterocycles. The van der Waals surface area contributed by atoms with E-state index in [9.17, 15) is 4.79 Å². The molecule has 2 aromatic rings. The Kier molecular flexibility index (Phi) is 4.82. The predicted molar refractivity (Wildman–Crippen MR) is 102 cm³/mol. The first kappa shape index (κ1) is 17.9. The zero-order chi connectivity index (χ0) is 19.0. The second kappa shape index (κ2) is 7.26. The average Bonchev–Trinajstić information content (AvgIpc) is 3.09. The number of hydrogen-bond acceptors (Lipinski definition) is 7. The summed E-state index contributed by atoms with van der Waals surface area (Å²) in [5.74, 6) is 1.33. The van der Waals surface area contributed by atoms with Crippen LogP contribution >= 0.6 is 0 Å². The molecule has 0 unspecified atom stereocenters. The fourth-order valence-corrected chi connectivity index (χ4v) is 3.76. The highest BCUT2D eigenvalue weighted by Gasteiger charge is 2.25. The molecule has 2 aromatic heterocycles. The van der Waals surface area contributed by atoms with Crippen molar-refractivity contribution in [2.75, 3.05) is 43.4 Å². The van der Waals surface area contributed by atoms with Crippen LogP contribution in [0.15, 0.2) is 4.52 Å². The minimum Gasteiger partial charge on any atom is -0.360 e. The molecule has 0 radical (unpaired) electrons. The molecule has 1 aliphatic carbocycles. The van der Waals surface area contributed by atoms with E-state index in [1.165, 1.54) is 0 Å². The van der Waals surface area contributed by atoms with Gasteiger partial charge in [0.2, 0.25) is 5.95 Å². The van der Waals surface area contributed by atoms with Crippen LogP contribution in [0.5, 0.6) is 0 Å². The lowest BCUT2D eigenvalue weighted by molar-refractivity contribution is 0.101. The highest BCUT2D eigenvalue weighted by molar-refractivity contribution is 6.04. The summed E-state index contributed by atoms with van der Waals surface area (Å²) >= 11 is 0. The minimum absolute atomic E-state index is 0.246. The van der Waals surface area contributed by atoms with Gasteiger partial charge in [-0.05, 0) is 40.2 Å². The van der Waals surface area contributed by atoms with E-state index in [0.29, 0.717) is 11.4 Å². The number of amides is 1. The van der Waals surface area contributed by atoms with Crippen molar-refractivity contribution in [1.29, 1.82) is 0 Å². The Balaban J connectivity index is 1.54. The van der Waals surface area contributed by atoms with Gasteiger partial charge in [0, 0.05) is 38.2 Å². The van der Waals surface area contributed by atoms with Gasteiger partial charge in [-0.1, -0.05) is 5.16 Å². The molecule has 3 heterocycles. The maximum absolute atomic E-state index is 12.8. The van der Waals surface area contributed by atoms with Crippen LogP contribution in [-0.4, -0.2) is 59.2 Å². The van der Waals surface area contributed by atoms with Crippen LogP contribution < -0.4 is 10.2 Å². The number of aromatic nitrogens is 3. The van der Waals surface area contributed by atoms with Crippen molar-refractivity contribution in [3.05, 3.63) is 28.4 Å². The molecule has 2 aliphatic rings. The van der Waals surface area contributed by atoms with Crippen molar-refractivity contribution >= 4 is 17.5 Å². The number of likely N-dealkylation sites (N-methyl/N-ethyl adjacent to an activating group) is 1. The number of hydrogen-bond donors (Lipinski definition) is 1. The molecule has 0 aromatic carbocycles. The van der Waals surface area contributed by atoms with Crippen molar-refractivity contribution < 1.29 is 9.32 Å². The number of aryl methyl sites for hydroxylation is 3. The molecule has 8 nitrogen and oxygen atoms in total. The van der Waals surface area contributed by atoms with Gasteiger partial charge in [-0.3, -0.25) is 4.79 Å². The van der Waals surface area contributed by atoms with Gasteiger partial charge in [0.15, 0.2) is 5.69 Å². The van der Waals surface area contributed by atoms with Crippen LogP contribution in [0.1, 0.15) is 46.0 Å². The van der Waals surface area contributed by atoms with E-state index < -0.39 is 0 Å². The van der Waals surface area contributed by atoms with Gasteiger partial charge in [0.05, 0.1) is 17.1 Å². The lowest BCUT2D eigenvalue weighted by Gasteiger charge is -2.32. The van der Waals surface area contributed by atoms with Crippen LogP contribution in [0.3, 0.4) is 0 Å². The molecule has 0 spiro atoms. The van der Waals surface area contributed by atoms with Crippen LogP contribution in [0.25, 0.3) is 0 Å². The fraction of sp³-hybridized carbons (Fsp3) is 0.579. The Labute approximate surface area is 158 Å². The predicted octanol–water partition coefficient (Wildman–Crippen LogP) is 1.96. The van der Waals surface area contributed by atoms with Gasteiger partial charge in [-0.2, -0.15) is 0 Å². The van der Waals surface area contributed by atoms with Crippen LogP contribution in [0.2, 0.25) is 0 Å². The van der Waals surface area contributed by atoms with Crippen molar-refractivity contribution in [3.63, 3.8) is 0 Å². The van der Waals surface area contributed by atoms with E-state index in [-0.39, 0.29) is 5.91 Å². The number of rotatable bonds is 3. The highest BCUT2D eigenvalue weighted by Crippen LogP contribution is 2.26. The first-order valence-corrected chi connectivity index (χ1v) is 9.60. The molecule has 8 heteroatoms. The largest absolute Gasteiger partial charge is 0.360 e. The molecular formula is C19H26N6O2. The molecule has 0 atom stereocenters. The zero-order valence-electron chi connectivity index (χ0n) is 16.2. The summed E-state index contributed by atoms with van der Waals surface area (Å²) in [5, 5.41) is 6.97. The van der Waals surface area contributed by atoms with Crippen molar-refractivity contribution in [3.8, 4) is 0 Å². The molecule has 1 amide bonds. The van der Waals surface area contributed by atoms with Gasteiger partial charge in [0.25, 0.3) is 5.91 Å². The number of fused-ring (bicyclic) bond motifs is 1. The first-order chi connectivity index (χ1) is 13.0. The third-order valence-corrected chi connectivity index (χ3v) is 5.45. The van der Waals surface area contributed by atoms with Crippen molar-refractivity contribution in [2.24, 2.45) is 0 Å². The van der Waals surface area contributed by atoms with Crippen molar-refractivity contribution in [2.45, 2.75) is 39.5 Å². The summed E-state index contributed by atoms with van der Waals surface area (Å²) in [4.78, 5) is 26.5. The summed E-state index contributed by atoms with van der Waals surface area (Å²) in [6.45, 7) is 7.62. The van der Waals surface area contributed by atoms with Gasteiger partial charge >= 0.3 is 0 Å². The third-order valence-electron chi connectivity index (χ3n) is 5.45. The average molecular weight is 370 g/mol. The lowest BCUT2D eigenvalue weighted by Crippen LogP contribution is -2.45.